The van der Waals surface area contributed by atoms with Gasteiger partial charge in [-0.05, 0) is 0 Å². The lowest BCUT2D eigenvalue weighted by Gasteiger charge is -2.32. The summed E-state index contributed by atoms with van der Waals surface area (Å²) < 4.78 is 36.4. The Kier molecular flexibility index (Phi) is 2.43. The lowest BCUT2D eigenvalue weighted by Crippen LogP contribution is -2.43. The molecule has 1 aliphatic rings. The van der Waals surface area contributed by atoms with E-state index in [9.17, 15) is 8.78 Å². The maximum atomic E-state index is 13.0. The maximum Gasteiger partial charge on any atom is 0.227 e. The lowest BCUT2D eigenvalue weighted by molar-refractivity contribution is 0.0320. The minimum Gasteiger partial charge on any atom is -0.484 e. The van der Waals surface area contributed by atoms with Gasteiger partial charge in [-0.3, -0.25) is 0 Å². The van der Waals surface area contributed by atoms with Crippen LogP contribution in [0.2, 0.25) is 0 Å². The Bertz CT molecular complexity index is 470. The number of fused-ring (bicyclic) bond motifs is 1. The van der Waals surface area contributed by atoms with Crippen LogP contribution < -0.4 is 9.47 Å². The van der Waals surface area contributed by atoms with E-state index in [1.165, 1.54) is 0 Å². The molecule has 1 aromatic rings. The number of nitriles is 1. The zero-order valence-corrected chi connectivity index (χ0v) is 8.59. The van der Waals surface area contributed by atoms with E-state index in [1.807, 2.05) is 6.07 Å². The van der Waals surface area contributed by atoms with E-state index in [4.69, 9.17) is 14.7 Å². The molecule has 3 nitrogen and oxygen atoms in total. The fourth-order valence-electron chi connectivity index (χ4n) is 1.45. The number of rotatable bonds is 1. The van der Waals surface area contributed by atoms with Crippen molar-refractivity contribution in [2.24, 2.45) is 0 Å². The van der Waals surface area contributed by atoms with Crippen molar-refractivity contribution in [2.75, 3.05) is 6.61 Å². The van der Waals surface area contributed by atoms with Gasteiger partial charge in [0.05, 0.1) is 0 Å². The molecule has 0 N–H and O–H groups in total. The van der Waals surface area contributed by atoms with Crippen LogP contribution in [-0.4, -0.2) is 12.2 Å². The van der Waals surface area contributed by atoms with Crippen LogP contribution in [0, 0.1) is 23.0 Å². The van der Waals surface area contributed by atoms with Gasteiger partial charge in [-0.15, -0.1) is 0 Å². The molecule has 0 amide bonds. The number of benzene rings is 1. The Balaban J connectivity index is 2.41. The van der Waals surface area contributed by atoms with Crippen molar-refractivity contribution < 1.29 is 18.3 Å². The van der Waals surface area contributed by atoms with Crippen molar-refractivity contribution in [3.05, 3.63) is 23.8 Å². The highest BCUT2D eigenvalue weighted by atomic mass is 19.2. The van der Waals surface area contributed by atoms with Crippen LogP contribution >= 0.6 is 0 Å². The molecule has 0 radical (unpaired) electrons. The van der Waals surface area contributed by atoms with Gasteiger partial charge in [0, 0.05) is 18.6 Å². The van der Waals surface area contributed by atoms with Gasteiger partial charge < -0.3 is 9.47 Å². The number of ether oxygens (including phenoxy) is 2. The van der Waals surface area contributed by atoms with Crippen molar-refractivity contribution in [3.8, 4) is 17.6 Å². The van der Waals surface area contributed by atoms with E-state index in [0.29, 0.717) is 6.42 Å². The van der Waals surface area contributed by atoms with E-state index in [-0.39, 0.29) is 18.1 Å². The summed E-state index contributed by atoms with van der Waals surface area (Å²) in [6.07, 6.45) is 0.405. The third-order valence-corrected chi connectivity index (χ3v) is 2.53. The zero-order valence-electron chi connectivity index (χ0n) is 8.59. The normalized spacial score (nSPS) is 22.6. The van der Waals surface area contributed by atoms with E-state index in [1.54, 1.807) is 6.92 Å². The van der Waals surface area contributed by atoms with Crippen LogP contribution in [-0.2, 0) is 0 Å². The van der Waals surface area contributed by atoms with Crippen LogP contribution in [0.15, 0.2) is 12.1 Å². The molecule has 5 heteroatoms. The van der Waals surface area contributed by atoms with Gasteiger partial charge in [-0.1, -0.05) is 6.92 Å². The lowest BCUT2D eigenvalue weighted by atomic mass is 10.0. The van der Waals surface area contributed by atoms with Gasteiger partial charge in [0.2, 0.25) is 5.60 Å². The van der Waals surface area contributed by atoms with Gasteiger partial charge in [0.25, 0.3) is 0 Å². The summed E-state index contributed by atoms with van der Waals surface area (Å²) in [7, 11) is 0. The molecular formula is C11H9F2NO2. The fraction of sp³-hybridized carbons (Fsp3) is 0.364. The van der Waals surface area contributed by atoms with Crippen molar-refractivity contribution in [2.45, 2.75) is 18.9 Å². The second-order valence-corrected chi connectivity index (χ2v) is 3.56. The van der Waals surface area contributed by atoms with Crippen LogP contribution in [0.4, 0.5) is 8.78 Å². The molecule has 0 fully saturated rings. The average Bonchev–Trinajstić information content (AvgIpc) is 2.30. The highest BCUT2D eigenvalue weighted by Crippen LogP contribution is 2.37. The largest absolute Gasteiger partial charge is 0.484 e. The van der Waals surface area contributed by atoms with Crippen LogP contribution in [0.5, 0.6) is 11.5 Å². The summed E-state index contributed by atoms with van der Waals surface area (Å²) in [5.74, 6) is -1.83. The molecule has 1 aromatic carbocycles. The molecule has 2 rings (SSSR count). The second-order valence-electron chi connectivity index (χ2n) is 3.56. The van der Waals surface area contributed by atoms with Crippen LogP contribution in [0.1, 0.15) is 13.3 Å². The second kappa shape index (κ2) is 3.63. The third-order valence-electron chi connectivity index (χ3n) is 2.53. The Morgan fingerprint density at radius 2 is 2.00 bits per heavy atom. The zero-order chi connectivity index (χ0) is 11.8. The maximum absolute atomic E-state index is 13.0. The molecule has 1 heterocycles. The van der Waals surface area contributed by atoms with Crippen LogP contribution in [0.25, 0.3) is 0 Å². The first-order valence-electron chi connectivity index (χ1n) is 4.82. The molecule has 0 saturated heterocycles. The number of hydrogen-bond donors (Lipinski definition) is 0. The van der Waals surface area contributed by atoms with E-state index < -0.39 is 17.2 Å². The highest BCUT2D eigenvalue weighted by molar-refractivity contribution is 5.43. The molecule has 0 aliphatic carbocycles. The van der Waals surface area contributed by atoms with Gasteiger partial charge in [-0.2, -0.15) is 5.26 Å². The molecule has 84 valence electrons. The quantitative estimate of drug-likeness (QED) is 0.737. The average molecular weight is 225 g/mol. The molecule has 0 saturated carbocycles. The summed E-state index contributed by atoms with van der Waals surface area (Å²) >= 11 is 0. The Morgan fingerprint density at radius 3 is 2.56 bits per heavy atom. The van der Waals surface area contributed by atoms with Gasteiger partial charge >= 0.3 is 0 Å². The molecule has 16 heavy (non-hydrogen) atoms. The first kappa shape index (κ1) is 10.7. The predicted octanol–water partition coefficient (Wildman–Crippen LogP) is 2.41. The van der Waals surface area contributed by atoms with Gasteiger partial charge in [0.1, 0.15) is 12.7 Å². The smallest absolute Gasteiger partial charge is 0.227 e. The minimum atomic E-state index is -1.11. The number of halogens is 2. The van der Waals surface area contributed by atoms with E-state index in [0.717, 1.165) is 12.1 Å². The molecule has 1 atom stereocenters. The standard InChI is InChI=1S/C11H9F2NO2/c1-2-11(5-14)6-15-9-3-7(12)8(13)4-10(9)16-11/h3-4H,2,6H2,1H3/t11-/m1/s1. The Hall–Kier alpha value is -1.83. The molecule has 0 unspecified atom stereocenters. The van der Waals surface area contributed by atoms with Crippen molar-refractivity contribution in [3.63, 3.8) is 0 Å². The van der Waals surface area contributed by atoms with E-state index >= 15 is 0 Å². The Labute approximate surface area is 91.2 Å². The monoisotopic (exact) mass is 225 g/mol. The van der Waals surface area contributed by atoms with Crippen molar-refractivity contribution in [1.82, 2.24) is 0 Å². The number of nitrogens with zero attached hydrogens (tertiary/aromatic N) is 1. The number of hydrogen-bond acceptors (Lipinski definition) is 3. The summed E-state index contributed by atoms with van der Waals surface area (Å²) in [4.78, 5) is 0. The molecule has 0 aromatic heterocycles. The van der Waals surface area contributed by atoms with Gasteiger partial charge in [0.15, 0.2) is 23.1 Å². The third kappa shape index (κ3) is 1.56. The van der Waals surface area contributed by atoms with E-state index in [2.05, 4.69) is 0 Å². The minimum absolute atomic E-state index is 0.0120. The highest BCUT2D eigenvalue weighted by Gasteiger charge is 2.37. The molecular weight excluding hydrogens is 216 g/mol. The first-order chi connectivity index (χ1) is 7.60. The first-order valence-corrected chi connectivity index (χ1v) is 4.82. The van der Waals surface area contributed by atoms with Crippen molar-refractivity contribution in [1.29, 1.82) is 5.26 Å². The summed E-state index contributed by atoms with van der Waals surface area (Å²) in [6, 6.07) is 3.79. The van der Waals surface area contributed by atoms with Gasteiger partial charge in [-0.25, -0.2) is 8.78 Å². The summed E-state index contributed by atoms with van der Waals surface area (Å²) in [6.45, 7) is 1.77. The molecule has 1 aliphatic heterocycles. The fourth-order valence-corrected chi connectivity index (χ4v) is 1.45. The molecule has 0 spiro atoms. The molecule has 0 bridgehead atoms. The topological polar surface area (TPSA) is 42.2 Å². The van der Waals surface area contributed by atoms with Crippen molar-refractivity contribution >= 4 is 0 Å². The van der Waals surface area contributed by atoms with Crippen LogP contribution in [0.3, 0.4) is 0 Å². The summed E-state index contributed by atoms with van der Waals surface area (Å²) in [5, 5.41) is 8.97. The Morgan fingerprint density at radius 1 is 1.38 bits per heavy atom. The SMILES string of the molecule is CC[C@@]1(C#N)COc2cc(F)c(F)cc2O1. The predicted molar refractivity (Wildman–Crippen MR) is 51.1 cm³/mol. The summed E-state index contributed by atoms with van der Waals surface area (Å²) in [5.41, 5.74) is -1.11.